The van der Waals surface area contributed by atoms with Gasteiger partial charge in [0.2, 0.25) is 0 Å². The fraction of sp³-hybridized carbons (Fsp3) is 0.222. The number of rotatable bonds is 2. The second kappa shape index (κ2) is 4.09. The molecule has 0 aliphatic carbocycles. The van der Waals surface area contributed by atoms with Gasteiger partial charge in [-0.15, -0.1) is 0 Å². The van der Waals surface area contributed by atoms with Crippen molar-refractivity contribution in [3.05, 3.63) is 35.1 Å². The lowest BCUT2D eigenvalue weighted by atomic mass is 10.0. The van der Waals surface area contributed by atoms with Crippen LogP contribution in [0.4, 0.5) is 17.6 Å². The van der Waals surface area contributed by atoms with E-state index in [2.05, 4.69) is 0 Å². The predicted octanol–water partition coefficient (Wildman–Crippen LogP) is 1.93. The van der Waals surface area contributed by atoms with Crippen molar-refractivity contribution in [1.82, 2.24) is 0 Å². The van der Waals surface area contributed by atoms with Crippen molar-refractivity contribution >= 4 is 5.97 Å². The highest BCUT2D eigenvalue weighted by atomic mass is 19.4. The fourth-order valence-corrected chi connectivity index (χ4v) is 1.10. The number of benzene rings is 1. The summed E-state index contributed by atoms with van der Waals surface area (Å²) in [5, 5.41) is 8.49. The smallest absolute Gasteiger partial charge is 0.419 e. The third-order valence-electron chi connectivity index (χ3n) is 1.92. The van der Waals surface area contributed by atoms with E-state index in [1.54, 1.807) is 0 Å². The summed E-state index contributed by atoms with van der Waals surface area (Å²) < 4.78 is 49.5. The molecular weight excluding hydrogens is 230 g/mol. The third kappa shape index (κ3) is 2.48. The van der Waals surface area contributed by atoms with E-state index in [0.29, 0.717) is 12.1 Å². The number of alkyl halides is 3. The van der Waals surface area contributed by atoms with Crippen molar-refractivity contribution in [1.29, 1.82) is 0 Å². The molecule has 0 spiro atoms. The highest BCUT2D eigenvalue weighted by molar-refractivity contribution is 5.75. The van der Waals surface area contributed by atoms with Gasteiger partial charge in [0, 0.05) is 0 Å². The van der Waals surface area contributed by atoms with E-state index in [1.807, 2.05) is 0 Å². The molecule has 3 N–H and O–H groups in total. The highest BCUT2D eigenvalue weighted by Gasteiger charge is 2.34. The van der Waals surface area contributed by atoms with Gasteiger partial charge in [-0.25, -0.2) is 4.39 Å². The molecule has 1 aromatic rings. The quantitative estimate of drug-likeness (QED) is 0.772. The van der Waals surface area contributed by atoms with E-state index in [4.69, 9.17) is 10.8 Å². The molecule has 0 amide bonds. The molecule has 1 rings (SSSR count). The van der Waals surface area contributed by atoms with Crippen molar-refractivity contribution < 1.29 is 27.5 Å². The van der Waals surface area contributed by atoms with Gasteiger partial charge in [0.15, 0.2) is 0 Å². The lowest BCUT2D eigenvalue weighted by Crippen LogP contribution is -2.21. The maximum absolute atomic E-state index is 13.0. The molecule has 0 fully saturated rings. The van der Waals surface area contributed by atoms with Crippen LogP contribution in [0.2, 0.25) is 0 Å². The molecule has 16 heavy (non-hydrogen) atoms. The number of carboxylic acids is 1. The molecule has 0 aromatic heterocycles. The number of aliphatic carboxylic acids is 1. The normalized spacial score (nSPS) is 13.6. The molecule has 0 bridgehead atoms. The topological polar surface area (TPSA) is 63.3 Å². The van der Waals surface area contributed by atoms with Crippen LogP contribution >= 0.6 is 0 Å². The Labute approximate surface area is 87.5 Å². The summed E-state index contributed by atoms with van der Waals surface area (Å²) in [6, 6.07) is 0.233. The van der Waals surface area contributed by atoms with E-state index < -0.39 is 29.6 Å². The summed E-state index contributed by atoms with van der Waals surface area (Å²) in [6.07, 6.45) is -4.81. The summed E-state index contributed by atoms with van der Waals surface area (Å²) in [5.41, 5.74) is 3.44. The minimum absolute atomic E-state index is 0.224. The van der Waals surface area contributed by atoms with Gasteiger partial charge in [0.05, 0.1) is 5.56 Å². The summed E-state index contributed by atoms with van der Waals surface area (Å²) in [5.74, 6) is -2.99. The molecule has 1 aromatic carbocycles. The number of hydrogen-bond acceptors (Lipinski definition) is 2. The average Bonchev–Trinajstić information content (AvgIpc) is 2.14. The summed E-state index contributed by atoms with van der Waals surface area (Å²) in [4.78, 5) is 10.4. The zero-order valence-corrected chi connectivity index (χ0v) is 7.75. The standard InChI is InChI=1S/C9H7F4NO2/c10-6-3-4(7(14)8(15)16)1-2-5(6)9(11,12)13/h1-3,7H,14H2,(H,15,16). The van der Waals surface area contributed by atoms with E-state index >= 15 is 0 Å². The molecule has 88 valence electrons. The number of hydrogen-bond donors (Lipinski definition) is 2. The van der Waals surface area contributed by atoms with Crippen LogP contribution < -0.4 is 5.73 Å². The van der Waals surface area contributed by atoms with Gasteiger partial charge < -0.3 is 10.8 Å². The summed E-state index contributed by atoms with van der Waals surface area (Å²) in [6.45, 7) is 0. The molecule has 0 aliphatic heterocycles. The molecule has 0 saturated heterocycles. The zero-order valence-electron chi connectivity index (χ0n) is 7.75. The Kier molecular flexibility index (Phi) is 3.18. The van der Waals surface area contributed by atoms with Gasteiger partial charge in [0.25, 0.3) is 0 Å². The van der Waals surface area contributed by atoms with E-state index in [0.717, 1.165) is 6.07 Å². The SMILES string of the molecule is NC(C(=O)O)c1ccc(C(F)(F)F)c(F)c1. The first kappa shape index (κ1) is 12.4. The highest BCUT2D eigenvalue weighted by Crippen LogP contribution is 2.32. The molecule has 3 nitrogen and oxygen atoms in total. The van der Waals surface area contributed by atoms with Crippen LogP contribution in [0, 0.1) is 5.82 Å². The van der Waals surface area contributed by atoms with Crippen molar-refractivity contribution in [3.63, 3.8) is 0 Å². The lowest BCUT2D eigenvalue weighted by Gasteiger charge is -2.11. The summed E-state index contributed by atoms with van der Waals surface area (Å²) >= 11 is 0. The molecule has 0 aliphatic rings. The van der Waals surface area contributed by atoms with Gasteiger partial charge >= 0.3 is 12.1 Å². The van der Waals surface area contributed by atoms with Gasteiger partial charge in [-0.2, -0.15) is 13.2 Å². The Bertz CT molecular complexity index is 416. The number of halogens is 4. The van der Waals surface area contributed by atoms with Crippen molar-refractivity contribution in [3.8, 4) is 0 Å². The third-order valence-corrected chi connectivity index (χ3v) is 1.92. The Morgan fingerprint density at radius 1 is 1.38 bits per heavy atom. The molecule has 0 radical (unpaired) electrons. The molecular formula is C9H7F4NO2. The van der Waals surface area contributed by atoms with Gasteiger partial charge in [-0.3, -0.25) is 4.79 Å². The number of nitrogens with two attached hydrogens (primary N) is 1. The average molecular weight is 237 g/mol. The Hall–Kier alpha value is -1.63. The minimum Gasteiger partial charge on any atom is -0.480 e. The number of carbonyl (C=O) groups is 1. The second-order valence-electron chi connectivity index (χ2n) is 3.05. The summed E-state index contributed by atoms with van der Waals surface area (Å²) in [7, 11) is 0. The Balaban J connectivity index is 3.14. The fourth-order valence-electron chi connectivity index (χ4n) is 1.10. The van der Waals surface area contributed by atoms with Crippen LogP contribution in [0.3, 0.4) is 0 Å². The molecule has 7 heteroatoms. The molecule has 1 unspecified atom stereocenters. The van der Waals surface area contributed by atoms with Crippen LogP contribution in [-0.4, -0.2) is 11.1 Å². The second-order valence-corrected chi connectivity index (χ2v) is 3.05. The van der Waals surface area contributed by atoms with E-state index in [-0.39, 0.29) is 5.56 Å². The van der Waals surface area contributed by atoms with Gasteiger partial charge in [0.1, 0.15) is 11.9 Å². The Morgan fingerprint density at radius 2 is 1.94 bits per heavy atom. The van der Waals surface area contributed by atoms with E-state index in [9.17, 15) is 22.4 Å². The molecule has 1 atom stereocenters. The van der Waals surface area contributed by atoms with Gasteiger partial charge in [-0.1, -0.05) is 6.07 Å². The van der Waals surface area contributed by atoms with Crippen molar-refractivity contribution in [2.45, 2.75) is 12.2 Å². The van der Waals surface area contributed by atoms with E-state index in [1.165, 1.54) is 0 Å². The molecule has 0 saturated carbocycles. The monoisotopic (exact) mass is 237 g/mol. The predicted molar refractivity (Wildman–Crippen MR) is 46.0 cm³/mol. The first-order valence-electron chi connectivity index (χ1n) is 4.08. The first-order chi connectivity index (χ1) is 7.23. The van der Waals surface area contributed by atoms with Crippen molar-refractivity contribution in [2.75, 3.05) is 0 Å². The first-order valence-corrected chi connectivity index (χ1v) is 4.08. The largest absolute Gasteiger partial charge is 0.480 e. The van der Waals surface area contributed by atoms with Crippen LogP contribution in [-0.2, 0) is 11.0 Å². The van der Waals surface area contributed by atoms with Crippen LogP contribution in [0.15, 0.2) is 18.2 Å². The van der Waals surface area contributed by atoms with Gasteiger partial charge in [-0.05, 0) is 17.7 Å². The van der Waals surface area contributed by atoms with Crippen LogP contribution in [0.1, 0.15) is 17.2 Å². The van der Waals surface area contributed by atoms with Crippen molar-refractivity contribution in [2.24, 2.45) is 5.73 Å². The molecule has 0 heterocycles. The Morgan fingerprint density at radius 3 is 2.31 bits per heavy atom. The van der Waals surface area contributed by atoms with Crippen LogP contribution in [0.5, 0.6) is 0 Å². The number of carboxylic acid groups (broad SMARTS) is 1. The minimum atomic E-state index is -4.81. The maximum atomic E-state index is 13.0. The zero-order chi connectivity index (χ0) is 12.5. The maximum Gasteiger partial charge on any atom is 0.419 e. The van der Waals surface area contributed by atoms with Crippen LogP contribution in [0.25, 0.3) is 0 Å². The lowest BCUT2D eigenvalue weighted by molar-refractivity contribution is -0.140.